The average molecular weight is 275 g/mol. The van der Waals surface area contributed by atoms with Crippen molar-refractivity contribution in [3.63, 3.8) is 0 Å². The van der Waals surface area contributed by atoms with Crippen LogP contribution in [0.15, 0.2) is 6.33 Å². The predicted octanol–water partition coefficient (Wildman–Crippen LogP) is 0.405. The first kappa shape index (κ1) is 12.4. The smallest absolute Gasteiger partial charge is 0.212 e. The summed E-state index contributed by atoms with van der Waals surface area (Å²) in [5.41, 5.74) is 0. The zero-order valence-electron chi connectivity index (χ0n) is 9.33. The number of hydrogen-bond donors (Lipinski definition) is 1. The summed E-state index contributed by atoms with van der Waals surface area (Å²) in [5.74, 6) is 0.160. The zero-order chi connectivity index (χ0) is 12.3. The lowest BCUT2D eigenvalue weighted by Gasteiger charge is -2.03. The third-order valence-corrected chi connectivity index (χ3v) is 4.46. The van der Waals surface area contributed by atoms with Gasteiger partial charge in [0, 0.05) is 0 Å². The maximum Gasteiger partial charge on any atom is 0.234 e. The average Bonchev–Trinajstić information content (AvgIpc) is 2.84. The van der Waals surface area contributed by atoms with Gasteiger partial charge in [0.2, 0.25) is 15.0 Å². The van der Waals surface area contributed by atoms with Gasteiger partial charge in [-0.15, -0.1) is 10.2 Å². The molecule has 0 unspecified atom stereocenters. The molecule has 7 nitrogen and oxygen atoms in total. The molecule has 2 rings (SSSR count). The number of fused-ring (bicyclic) bond motifs is 1. The van der Waals surface area contributed by atoms with E-state index in [1.54, 1.807) is 0 Å². The Morgan fingerprint density at radius 2 is 2.35 bits per heavy atom. The Labute approximate surface area is 103 Å². The van der Waals surface area contributed by atoms with Crippen LogP contribution in [-0.4, -0.2) is 34.0 Å². The Morgan fingerprint density at radius 1 is 1.53 bits per heavy atom. The van der Waals surface area contributed by atoms with Crippen LogP contribution in [0.25, 0.3) is 4.96 Å². The normalized spacial score (nSPS) is 12.3. The van der Waals surface area contributed by atoms with Crippen molar-refractivity contribution in [2.75, 3.05) is 5.75 Å². The fraction of sp³-hybridized carbons (Fsp3) is 0.625. The van der Waals surface area contributed by atoms with Gasteiger partial charge in [0.1, 0.15) is 11.3 Å². The van der Waals surface area contributed by atoms with Crippen LogP contribution < -0.4 is 4.72 Å². The molecule has 0 saturated heterocycles. The minimum Gasteiger partial charge on any atom is -0.212 e. The molecule has 17 heavy (non-hydrogen) atoms. The first-order valence-corrected chi connectivity index (χ1v) is 7.70. The SMILES string of the molecule is CCCCS(=O)(=O)NCc1nn2cnnc2s1. The van der Waals surface area contributed by atoms with Gasteiger partial charge in [0.25, 0.3) is 0 Å². The van der Waals surface area contributed by atoms with Crippen LogP contribution in [0, 0.1) is 0 Å². The van der Waals surface area contributed by atoms with Gasteiger partial charge >= 0.3 is 0 Å². The van der Waals surface area contributed by atoms with Gasteiger partial charge in [-0.3, -0.25) is 0 Å². The fourth-order valence-corrected chi connectivity index (χ4v) is 3.27. The lowest BCUT2D eigenvalue weighted by molar-refractivity contribution is 0.577. The molecule has 2 aromatic rings. The van der Waals surface area contributed by atoms with E-state index >= 15 is 0 Å². The van der Waals surface area contributed by atoms with Gasteiger partial charge in [-0.25, -0.2) is 13.1 Å². The second kappa shape index (κ2) is 5.07. The molecule has 9 heteroatoms. The Bertz CT molecular complexity index is 559. The van der Waals surface area contributed by atoms with Crippen molar-refractivity contribution in [3.05, 3.63) is 11.3 Å². The van der Waals surface area contributed by atoms with Crippen molar-refractivity contribution in [2.45, 2.75) is 26.3 Å². The number of nitrogens with zero attached hydrogens (tertiary/aromatic N) is 4. The minimum atomic E-state index is -3.19. The lowest BCUT2D eigenvalue weighted by Crippen LogP contribution is -2.25. The Kier molecular flexibility index (Phi) is 3.69. The first-order valence-electron chi connectivity index (χ1n) is 5.24. The van der Waals surface area contributed by atoms with Gasteiger partial charge < -0.3 is 0 Å². The van der Waals surface area contributed by atoms with Crippen molar-refractivity contribution in [3.8, 4) is 0 Å². The van der Waals surface area contributed by atoms with E-state index in [-0.39, 0.29) is 12.3 Å². The summed E-state index contributed by atoms with van der Waals surface area (Å²) in [5, 5.41) is 12.3. The summed E-state index contributed by atoms with van der Waals surface area (Å²) in [6, 6.07) is 0. The molecule has 2 aromatic heterocycles. The molecule has 2 heterocycles. The largest absolute Gasteiger partial charge is 0.234 e. The lowest BCUT2D eigenvalue weighted by atomic mass is 10.4. The molecular formula is C8H13N5O2S2. The first-order chi connectivity index (χ1) is 8.11. The summed E-state index contributed by atoms with van der Waals surface area (Å²) >= 11 is 1.32. The second-order valence-electron chi connectivity index (χ2n) is 3.55. The van der Waals surface area contributed by atoms with E-state index in [1.165, 1.54) is 22.2 Å². The van der Waals surface area contributed by atoms with Crippen LogP contribution in [0.1, 0.15) is 24.8 Å². The van der Waals surface area contributed by atoms with Crippen LogP contribution in [0.3, 0.4) is 0 Å². The van der Waals surface area contributed by atoms with E-state index in [0.717, 1.165) is 6.42 Å². The summed E-state index contributed by atoms with van der Waals surface area (Å²) < 4.78 is 27.1. The van der Waals surface area contributed by atoms with Crippen molar-refractivity contribution >= 4 is 26.3 Å². The Hall–Kier alpha value is -1.06. The highest BCUT2D eigenvalue weighted by Crippen LogP contribution is 2.11. The summed E-state index contributed by atoms with van der Waals surface area (Å²) in [7, 11) is -3.19. The number of hydrogen-bond acceptors (Lipinski definition) is 6. The molecule has 94 valence electrons. The van der Waals surface area contributed by atoms with E-state index < -0.39 is 10.0 Å². The molecule has 0 aliphatic carbocycles. The topological polar surface area (TPSA) is 89.2 Å². The number of rotatable bonds is 6. The molecule has 0 aliphatic heterocycles. The molecule has 0 aliphatic rings. The van der Waals surface area contributed by atoms with Crippen molar-refractivity contribution < 1.29 is 8.42 Å². The molecule has 0 bridgehead atoms. The highest BCUT2D eigenvalue weighted by Gasteiger charge is 2.11. The van der Waals surface area contributed by atoms with Crippen LogP contribution in [0.4, 0.5) is 0 Å². The highest BCUT2D eigenvalue weighted by atomic mass is 32.2. The Morgan fingerprint density at radius 3 is 3.06 bits per heavy atom. The van der Waals surface area contributed by atoms with E-state index in [0.29, 0.717) is 16.4 Å². The minimum absolute atomic E-state index is 0.160. The van der Waals surface area contributed by atoms with Crippen LogP contribution in [0.5, 0.6) is 0 Å². The van der Waals surface area contributed by atoms with E-state index in [9.17, 15) is 8.42 Å². The highest BCUT2D eigenvalue weighted by molar-refractivity contribution is 7.89. The maximum absolute atomic E-state index is 11.5. The van der Waals surface area contributed by atoms with Crippen molar-refractivity contribution in [1.29, 1.82) is 0 Å². The number of aromatic nitrogens is 4. The molecule has 0 saturated carbocycles. The van der Waals surface area contributed by atoms with Gasteiger partial charge in [0.15, 0.2) is 0 Å². The standard InChI is InChI=1S/C8H13N5O2S2/c1-2-3-4-17(14,15)10-5-7-12-13-6-9-11-8(13)16-7/h6,10H,2-5H2,1H3. The number of nitrogens with one attached hydrogen (secondary N) is 1. The number of sulfonamides is 1. The van der Waals surface area contributed by atoms with Gasteiger partial charge in [-0.1, -0.05) is 24.7 Å². The molecule has 0 radical (unpaired) electrons. The van der Waals surface area contributed by atoms with Crippen LogP contribution in [-0.2, 0) is 16.6 Å². The van der Waals surface area contributed by atoms with E-state index in [4.69, 9.17) is 0 Å². The fourth-order valence-electron chi connectivity index (χ4n) is 1.25. The van der Waals surface area contributed by atoms with E-state index in [1.807, 2.05) is 6.92 Å². The summed E-state index contributed by atoms with van der Waals surface area (Å²) in [6.07, 6.45) is 3.01. The molecule has 0 amide bonds. The number of unbranched alkanes of at least 4 members (excludes halogenated alkanes) is 1. The molecular weight excluding hydrogens is 262 g/mol. The molecule has 0 spiro atoms. The van der Waals surface area contributed by atoms with Crippen molar-refractivity contribution in [2.24, 2.45) is 0 Å². The van der Waals surface area contributed by atoms with Crippen LogP contribution in [0.2, 0.25) is 0 Å². The molecule has 0 aromatic carbocycles. The molecule has 0 fully saturated rings. The van der Waals surface area contributed by atoms with Crippen LogP contribution >= 0.6 is 11.3 Å². The van der Waals surface area contributed by atoms with Gasteiger partial charge in [-0.2, -0.15) is 9.61 Å². The second-order valence-corrected chi connectivity index (χ2v) is 6.51. The monoisotopic (exact) mass is 275 g/mol. The van der Waals surface area contributed by atoms with Gasteiger partial charge in [0.05, 0.1) is 12.3 Å². The summed E-state index contributed by atoms with van der Waals surface area (Å²) in [4.78, 5) is 0.660. The third kappa shape index (κ3) is 3.20. The summed E-state index contributed by atoms with van der Waals surface area (Å²) in [6.45, 7) is 2.17. The van der Waals surface area contributed by atoms with Gasteiger partial charge in [-0.05, 0) is 6.42 Å². The Balaban J connectivity index is 1.96. The third-order valence-electron chi connectivity index (χ3n) is 2.14. The maximum atomic E-state index is 11.5. The zero-order valence-corrected chi connectivity index (χ0v) is 11.0. The van der Waals surface area contributed by atoms with Crippen molar-refractivity contribution in [1.82, 2.24) is 24.5 Å². The molecule has 0 atom stereocenters. The predicted molar refractivity (Wildman–Crippen MR) is 64.2 cm³/mol. The quantitative estimate of drug-likeness (QED) is 0.824. The van der Waals surface area contributed by atoms with E-state index in [2.05, 4.69) is 20.0 Å². The molecule has 1 N–H and O–H groups in total.